The Morgan fingerprint density at radius 2 is 1.78 bits per heavy atom. The molecule has 0 fully saturated rings. The van der Waals surface area contributed by atoms with Gasteiger partial charge in [0.15, 0.2) is 5.16 Å². The van der Waals surface area contributed by atoms with E-state index in [-0.39, 0.29) is 11.8 Å². The normalized spacial score (nSPS) is 13.4. The number of aryl methyl sites for hydroxylation is 2. The van der Waals surface area contributed by atoms with Gasteiger partial charge in [-0.05, 0) is 36.4 Å². The van der Waals surface area contributed by atoms with E-state index in [2.05, 4.69) is 27.7 Å². The largest absolute Gasteiger partial charge is 0.308 e. The van der Waals surface area contributed by atoms with Crippen molar-refractivity contribution in [2.45, 2.75) is 24.5 Å². The standard InChI is InChI=1S/C19H18N4O2S2/c24-17-15-6-1-2-7-16(15)18(25)23(17)9-4-12-27-19-21-20-13-22(19)10-8-14-5-3-11-26-14/h1-3,5-7,11,13H,4,8-10,12H2. The summed E-state index contributed by atoms with van der Waals surface area (Å²) in [7, 11) is 0. The summed E-state index contributed by atoms with van der Waals surface area (Å²) in [5.41, 5.74) is 1.01. The molecule has 0 radical (unpaired) electrons. The molecule has 0 N–H and O–H groups in total. The molecule has 1 aliphatic heterocycles. The number of rotatable bonds is 8. The van der Waals surface area contributed by atoms with Crippen molar-refractivity contribution >= 4 is 34.9 Å². The quantitative estimate of drug-likeness (QED) is 0.331. The van der Waals surface area contributed by atoms with Gasteiger partial charge in [0.05, 0.1) is 11.1 Å². The first-order valence-corrected chi connectivity index (χ1v) is 10.6. The second kappa shape index (κ2) is 8.06. The van der Waals surface area contributed by atoms with Crippen LogP contribution in [0.2, 0.25) is 0 Å². The van der Waals surface area contributed by atoms with Gasteiger partial charge in [0, 0.05) is 23.7 Å². The Morgan fingerprint density at radius 1 is 1.00 bits per heavy atom. The molecule has 2 amide bonds. The maximum Gasteiger partial charge on any atom is 0.261 e. The third kappa shape index (κ3) is 3.81. The van der Waals surface area contributed by atoms with Crippen LogP contribution in [0.3, 0.4) is 0 Å². The first-order valence-electron chi connectivity index (χ1n) is 8.72. The molecule has 4 rings (SSSR count). The van der Waals surface area contributed by atoms with E-state index in [9.17, 15) is 9.59 Å². The lowest BCUT2D eigenvalue weighted by molar-refractivity contribution is 0.0655. The molecule has 0 saturated carbocycles. The Hall–Kier alpha value is -2.45. The molecule has 0 aliphatic carbocycles. The molecule has 138 valence electrons. The number of fused-ring (bicyclic) bond motifs is 1. The van der Waals surface area contributed by atoms with E-state index in [0.717, 1.165) is 23.9 Å². The lowest BCUT2D eigenvalue weighted by Crippen LogP contribution is -2.31. The van der Waals surface area contributed by atoms with Crippen LogP contribution in [-0.2, 0) is 13.0 Å². The summed E-state index contributed by atoms with van der Waals surface area (Å²) < 4.78 is 2.05. The summed E-state index contributed by atoms with van der Waals surface area (Å²) in [4.78, 5) is 27.4. The molecule has 0 unspecified atom stereocenters. The molecule has 0 saturated heterocycles. The smallest absolute Gasteiger partial charge is 0.261 e. The van der Waals surface area contributed by atoms with Gasteiger partial charge >= 0.3 is 0 Å². The number of hydrogen-bond donors (Lipinski definition) is 0. The summed E-state index contributed by atoms with van der Waals surface area (Å²) in [6.07, 6.45) is 3.42. The number of imide groups is 1. The van der Waals surface area contributed by atoms with E-state index in [1.54, 1.807) is 53.7 Å². The van der Waals surface area contributed by atoms with Gasteiger partial charge in [-0.15, -0.1) is 21.5 Å². The van der Waals surface area contributed by atoms with E-state index < -0.39 is 0 Å². The number of thioether (sulfide) groups is 1. The second-order valence-corrected chi connectivity index (χ2v) is 8.24. The Bertz CT molecular complexity index is 917. The number of benzene rings is 1. The molecule has 27 heavy (non-hydrogen) atoms. The fourth-order valence-corrected chi connectivity index (χ4v) is 4.59. The first kappa shape index (κ1) is 17.9. The average Bonchev–Trinajstić information content (AvgIpc) is 3.41. The number of hydrogen-bond acceptors (Lipinski definition) is 6. The molecule has 3 heterocycles. The summed E-state index contributed by atoms with van der Waals surface area (Å²) in [5, 5.41) is 11.1. The maximum absolute atomic E-state index is 12.4. The Labute approximate surface area is 165 Å². The minimum atomic E-state index is -0.195. The highest BCUT2D eigenvalue weighted by molar-refractivity contribution is 7.99. The molecule has 2 aromatic heterocycles. The fraction of sp³-hybridized carbons (Fsp3) is 0.263. The Kier molecular flexibility index (Phi) is 5.35. The summed E-state index contributed by atoms with van der Waals surface area (Å²) in [5.74, 6) is 0.380. The predicted octanol–water partition coefficient (Wildman–Crippen LogP) is 3.36. The van der Waals surface area contributed by atoms with E-state index in [4.69, 9.17) is 0 Å². The maximum atomic E-state index is 12.4. The van der Waals surface area contributed by atoms with Crippen LogP contribution in [0.15, 0.2) is 53.3 Å². The number of aromatic nitrogens is 3. The van der Waals surface area contributed by atoms with Crippen LogP contribution in [0.4, 0.5) is 0 Å². The number of carbonyl (C=O) groups excluding carboxylic acids is 2. The molecule has 0 spiro atoms. The zero-order valence-electron chi connectivity index (χ0n) is 14.6. The van der Waals surface area contributed by atoms with Gasteiger partial charge in [-0.25, -0.2) is 0 Å². The van der Waals surface area contributed by atoms with Crippen LogP contribution < -0.4 is 0 Å². The van der Waals surface area contributed by atoms with Gasteiger partial charge in [0.1, 0.15) is 6.33 Å². The lowest BCUT2D eigenvalue weighted by Gasteiger charge is -2.13. The highest BCUT2D eigenvalue weighted by Gasteiger charge is 2.34. The van der Waals surface area contributed by atoms with Gasteiger partial charge in [-0.2, -0.15) is 0 Å². The molecule has 1 aromatic carbocycles. The van der Waals surface area contributed by atoms with Crippen LogP contribution in [0.5, 0.6) is 0 Å². The molecule has 1 aliphatic rings. The van der Waals surface area contributed by atoms with E-state index >= 15 is 0 Å². The van der Waals surface area contributed by atoms with Crippen LogP contribution in [0.1, 0.15) is 32.0 Å². The van der Waals surface area contributed by atoms with Gasteiger partial charge in [0.2, 0.25) is 0 Å². The molecular weight excluding hydrogens is 380 g/mol. The number of nitrogens with zero attached hydrogens (tertiary/aromatic N) is 4. The van der Waals surface area contributed by atoms with Crippen molar-refractivity contribution in [2.75, 3.05) is 12.3 Å². The molecule has 6 nitrogen and oxygen atoms in total. The third-order valence-electron chi connectivity index (χ3n) is 4.39. The molecule has 3 aromatic rings. The molecule has 0 atom stereocenters. The summed E-state index contributed by atoms with van der Waals surface area (Å²) in [6, 6.07) is 11.2. The van der Waals surface area contributed by atoms with Gasteiger partial charge in [-0.3, -0.25) is 14.5 Å². The number of amides is 2. The number of carbonyl (C=O) groups is 2. The minimum Gasteiger partial charge on any atom is -0.308 e. The lowest BCUT2D eigenvalue weighted by atomic mass is 10.1. The highest BCUT2D eigenvalue weighted by Crippen LogP contribution is 2.23. The van der Waals surface area contributed by atoms with Gasteiger partial charge in [0.25, 0.3) is 11.8 Å². The van der Waals surface area contributed by atoms with Gasteiger partial charge in [-0.1, -0.05) is 30.0 Å². The van der Waals surface area contributed by atoms with Crippen molar-refractivity contribution in [3.63, 3.8) is 0 Å². The van der Waals surface area contributed by atoms with Crippen molar-refractivity contribution in [2.24, 2.45) is 0 Å². The van der Waals surface area contributed by atoms with Gasteiger partial charge < -0.3 is 4.57 Å². The third-order valence-corrected chi connectivity index (χ3v) is 6.40. The monoisotopic (exact) mass is 398 g/mol. The minimum absolute atomic E-state index is 0.195. The van der Waals surface area contributed by atoms with Crippen LogP contribution in [0.25, 0.3) is 0 Å². The predicted molar refractivity (Wildman–Crippen MR) is 105 cm³/mol. The van der Waals surface area contributed by atoms with Crippen molar-refractivity contribution in [1.82, 2.24) is 19.7 Å². The highest BCUT2D eigenvalue weighted by atomic mass is 32.2. The Morgan fingerprint density at radius 3 is 2.48 bits per heavy atom. The van der Waals surface area contributed by atoms with Crippen LogP contribution in [-0.4, -0.2) is 43.8 Å². The van der Waals surface area contributed by atoms with Crippen molar-refractivity contribution in [1.29, 1.82) is 0 Å². The van der Waals surface area contributed by atoms with E-state index in [1.165, 1.54) is 9.78 Å². The van der Waals surface area contributed by atoms with E-state index in [0.29, 0.717) is 24.1 Å². The van der Waals surface area contributed by atoms with Crippen molar-refractivity contribution in [3.05, 3.63) is 64.1 Å². The van der Waals surface area contributed by atoms with Crippen LogP contribution >= 0.6 is 23.1 Å². The van der Waals surface area contributed by atoms with E-state index in [1.807, 2.05) is 4.57 Å². The first-order chi connectivity index (χ1) is 13.2. The topological polar surface area (TPSA) is 68.1 Å². The summed E-state index contributed by atoms with van der Waals surface area (Å²) in [6.45, 7) is 1.26. The second-order valence-electron chi connectivity index (χ2n) is 6.15. The Balaban J connectivity index is 1.27. The number of thiophene rings is 1. The molecule has 0 bridgehead atoms. The fourth-order valence-electron chi connectivity index (χ4n) is 3.02. The zero-order valence-corrected chi connectivity index (χ0v) is 16.2. The van der Waals surface area contributed by atoms with Crippen molar-refractivity contribution in [3.8, 4) is 0 Å². The van der Waals surface area contributed by atoms with Crippen LogP contribution in [0, 0.1) is 0 Å². The molecule has 8 heteroatoms. The van der Waals surface area contributed by atoms with Crippen molar-refractivity contribution < 1.29 is 9.59 Å². The SMILES string of the molecule is O=C1c2ccccc2C(=O)N1CCCSc1nncn1CCc1cccs1. The average molecular weight is 399 g/mol. The molecular formula is C19H18N4O2S2. The zero-order chi connectivity index (χ0) is 18.6. The summed E-state index contributed by atoms with van der Waals surface area (Å²) >= 11 is 3.36.